The highest BCUT2D eigenvalue weighted by Gasteiger charge is 2.54. The second-order valence-corrected chi connectivity index (χ2v) is 13.4. The van der Waals surface area contributed by atoms with Crippen LogP contribution in [0.5, 0.6) is 0 Å². The van der Waals surface area contributed by atoms with Crippen molar-refractivity contribution in [3.63, 3.8) is 0 Å². The van der Waals surface area contributed by atoms with E-state index in [-0.39, 0.29) is 6.04 Å². The van der Waals surface area contributed by atoms with E-state index >= 15 is 0 Å². The molecule has 2 unspecified atom stereocenters. The maximum absolute atomic E-state index is 2.65. The molecule has 0 spiro atoms. The third kappa shape index (κ3) is 2.66. The van der Waals surface area contributed by atoms with Crippen LogP contribution in [0.1, 0.15) is 11.6 Å². The smallest absolute Gasteiger partial charge is 0.242 e. The second kappa shape index (κ2) is 7.81. The Morgan fingerprint density at radius 1 is 0.625 bits per heavy atom. The van der Waals surface area contributed by atoms with Crippen molar-refractivity contribution < 1.29 is 0 Å². The van der Waals surface area contributed by atoms with Gasteiger partial charge in [0.15, 0.2) is 0 Å². The topological polar surface area (TPSA) is 3.24 Å². The monoisotopic (exact) mass is 543 g/mol. The molecule has 0 N–H and O–H groups in total. The molecule has 3 aliphatic heterocycles. The number of anilines is 2. The first-order chi connectivity index (χ1) is 19.9. The van der Waals surface area contributed by atoms with Crippen molar-refractivity contribution in [2.24, 2.45) is 0 Å². The Morgan fingerprint density at radius 2 is 1.38 bits per heavy atom. The van der Waals surface area contributed by atoms with Crippen LogP contribution in [0.15, 0.2) is 126 Å². The van der Waals surface area contributed by atoms with E-state index in [1.54, 1.807) is 4.78 Å². The van der Waals surface area contributed by atoms with Gasteiger partial charge in [0.05, 0.1) is 6.04 Å². The van der Waals surface area contributed by atoms with Crippen LogP contribution in [-0.4, -0.2) is 11.9 Å². The number of para-hydroxylation sites is 1. The minimum atomic E-state index is 0.271. The van der Waals surface area contributed by atoms with Gasteiger partial charge in [0.2, 0.25) is 6.71 Å². The van der Waals surface area contributed by atoms with Gasteiger partial charge in [0, 0.05) is 31.5 Å². The van der Waals surface area contributed by atoms with E-state index in [1.165, 1.54) is 70.1 Å². The lowest BCUT2D eigenvalue weighted by atomic mass is 9.40. The van der Waals surface area contributed by atoms with Crippen molar-refractivity contribution in [2.75, 3.05) is 4.90 Å². The summed E-state index contributed by atoms with van der Waals surface area (Å²) < 4.78 is 2.99. The minimum Gasteiger partial charge on any atom is -0.334 e. The third-order valence-corrected chi connectivity index (χ3v) is 12.1. The summed E-state index contributed by atoms with van der Waals surface area (Å²) in [6.45, 7) is 0.374. The highest BCUT2D eigenvalue weighted by molar-refractivity contribution is 8.02. The summed E-state index contributed by atoms with van der Waals surface area (Å²) in [6.07, 6.45) is 0. The highest BCUT2D eigenvalue weighted by atomic mass is 32.2. The predicted molar refractivity (Wildman–Crippen MR) is 175 cm³/mol. The van der Waals surface area contributed by atoms with E-state index in [0.717, 1.165) is 0 Å². The van der Waals surface area contributed by atoms with Gasteiger partial charge >= 0.3 is 0 Å². The normalized spacial score (nSPS) is 18.3. The second-order valence-electron chi connectivity index (χ2n) is 11.2. The molecule has 10 rings (SSSR count). The molecule has 2 atom stereocenters. The first-order valence-corrected chi connectivity index (χ1v) is 15.7. The number of hydrogen-bond donors (Lipinski definition) is 0. The van der Waals surface area contributed by atoms with Crippen molar-refractivity contribution in [3.05, 3.63) is 127 Å². The van der Waals surface area contributed by atoms with Gasteiger partial charge in [-0.15, -0.1) is 23.1 Å². The van der Waals surface area contributed by atoms with Gasteiger partial charge in [-0.25, -0.2) is 0 Å². The number of thioether (sulfide) groups is 1. The molecule has 3 aliphatic rings. The Morgan fingerprint density at radius 3 is 2.25 bits per heavy atom. The molecule has 1 nitrogen and oxygen atoms in total. The molecule has 4 heterocycles. The molecule has 0 saturated carbocycles. The molecule has 4 heteroatoms. The van der Waals surface area contributed by atoms with Gasteiger partial charge in [-0.05, 0) is 66.7 Å². The van der Waals surface area contributed by atoms with Crippen LogP contribution in [0.25, 0.3) is 42.8 Å². The molecule has 0 bridgehead atoms. The molecule has 0 aliphatic carbocycles. The van der Waals surface area contributed by atoms with E-state index < -0.39 is 0 Å². The molecule has 186 valence electrons. The zero-order valence-corrected chi connectivity index (χ0v) is 23.2. The number of benzene rings is 6. The molecule has 40 heavy (non-hydrogen) atoms. The maximum Gasteiger partial charge on any atom is 0.242 e. The molecule has 0 radical (unpaired) electrons. The lowest BCUT2D eigenvalue weighted by molar-refractivity contribution is 0.749. The summed E-state index contributed by atoms with van der Waals surface area (Å²) >= 11 is 4.16. The SMILES string of the molecule is c1ccc(N2c3cccc4c3B(c3sc5c(ccc6ccccc65)c3-4)C3Sc4c(ccc5ccccc45)C32)cc1. The van der Waals surface area contributed by atoms with Gasteiger partial charge < -0.3 is 4.90 Å². The fourth-order valence-corrected chi connectivity index (χ4v) is 11.0. The van der Waals surface area contributed by atoms with Crippen LogP contribution >= 0.6 is 23.1 Å². The first kappa shape index (κ1) is 21.8. The van der Waals surface area contributed by atoms with Crippen LogP contribution < -0.4 is 15.1 Å². The predicted octanol–water partition coefficient (Wildman–Crippen LogP) is 8.70. The summed E-state index contributed by atoms with van der Waals surface area (Å²) in [5.41, 5.74) is 8.54. The zero-order valence-electron chi connectivity index (χ0n) is 21.5. The van der Waals surface area contributed by atoms with Crippen molar-refractivity contribution in [1.82, 2.24) is 0 Å². The van der Waals surface area contributed by atoms with Gasteiger partial charge in [-0.1, -0.05) is 103 Å². The van der Waals surface area contributed by atoms with E-state index in [1.807, 2.05) is 11.3 Å². The Bertz CT molecular complexity index is 2180. The number of fused-ring (bicyclic) bond motifs is 13. The summed E-state index contributed by atoms with van der Waals surface area (Å²) in [5.74, 6) is 0. The Hall–Kier alpha value is -3.99. The molecule has 0 amide bonds. The van der Waals surface area contributed by atoms with E-state index in [4.69, 9.17) is 0 Å². The summed E-state index contributed by atoms with van der Waals surface area (Å²) in [5, 5.41) is 7.23. The fourth-order valence-electron chi connectivity index (χ4n) is 7.67. The standard InChI is InChI=1S/C36H22BNS2/c1-2-11-23(12-3-1)38-29-16-8-15-26-30-27-19-17-21-9-4-6-13-24(21)33(27)39-35(30)37(31(26)29)36-32(38)28-20-18-22-10-5-7-14-25(22)34(28)40-36/h1-20,32,36H. The number of rotatable bonds is 1. The highest BCUT2D eigenvalue weighted by Crippen LogP contribution is 2.57. The lowest BCUT2D eigenvalue weighted by Crippen LogP contribution is -2.56. The average molecular weight is 544 g/mol. The van der Waals surface area contributed by atoms with Crippen LogP contribution in [0.4, 0.5) is 11.4 Å². The van der Waals surface area contributed by atoms with Gasteiger partial charge in [0.1, 0.15) is 0 Å². The summed E-state index contributed by atoms with van der Waals surface area (Å²) in [6, 6.07) is 45.6. The van der Waals surface area contributed by atoms with Crippen LogP contribution in [0, 0.1) is 0 Å². The average Bonchev–Trinajstić information content (AvgIpc) is 3.68. The Balaban J connectivity index is 1.30. The van der Waals surface area contributed by atoms with Gasteiger partial charge in [0.25, 0.3) is 0 Å². The Kier molecular flexibility index (Phi) is 4.26. The van der Waals surface area contributed by atoms with E-state index in [2.05, 4.69) is 138 Å². The van der Waals surface area contributed by atoms with Crippen LogP contribution in [0.2, 0.25) is 0 Å². The number of thiophene rings is 1. The van der Waals surface area contributed by atoms with E-state index in [9.17, 15) is 0 Å². The van der Waals surface area contributed by atoms with Crippen molar-refractivity contribution in [2.45, 2.75) is 16.1 Å². The van der Waals surface area contributed by atoms with E-state index in [0.29, 0.717) is 11.9 Å². The number of nitrogens with zero attached hydrogens (tertiary/aromatic N) is 1. The molecule has 6 aromatic carbocycles. The molecular formula is C36H22BNS2. The van der Waals surface area contributed by atoms with Crippen molar-refractivity contribution in [3.8, 4) is 11.1 Å². The zero-order chi connectivity index (χ0) is 25.9. The summed E-state index contributed by atoms with van der Waals surface area (Å²) in [7, 11) is 0. The largest absolute Gasteiger partial charge is 0.334 e. The summed E-state index contributed by atoms with van der Waals surface area (Å²) in [4.78, 5) is 4.12. The molecule has 0 saturated heterocycles. The maximum atomic E-state index is 2.65. The van der Waals surface area contributed by atoms with Crippen molar-refractivity contribution in [1.29, 1.82) is 0 Å². The Labute approximate surface area is 241 Å². The molecule has 0 fully saturated rings. The molecule has 1 aromatic heterocycles. The fraction of sp³-hybridized carbons (Fsp3) is 0.0556. The minimum absolute atomic E-state index is 0.271. The third-order valence-electron chi connectivity index (χ3n) is 9.25. The quantitative estimate of drug-likeness (QED) is 0.191. The van der Waals surface area contributed by atoms with Crippen LogP contribution in [-0.2, 0) is 0 Å². The molecule has 7 aromatic rings. The number of hydrogen-bond acceptors (Lipinski definition) is 3. The van der Waals surface area contributed by atoms with Gasteiger partial charge in [-0.3, -0.25) is 0 Å². The van der Waals surface area contributed by atoms with Crippen LogP contribution in [0.3, 0.4) is 0 Å². The van der Waals surface area contributed by atoms with Gasteiger partial charge in [-0.2, -0.15) is 0 Å². The molecular weight excluding hydrogens is 521 g/mol. The first-order valence-electron chi connectivity index (χ1n) is 14.0. The van der Waals surface area contributed by atoms with Crippen molar-refractivity contribution >= 4 is 83.1 Å². The lowest BCUT2D eigenvalue weighted by Gasteiger charge is -2.42.